The molecule has 1 rings (SSSR count). The Hall–Kier alpha value is -0.580. The Morgan fingerprint density at radius 3 is 2.40 bits per heavy atom. The lowest BCUT2D eigenvalue weighted by Gasteiger charge is -2.31. The quantitative estimate of drug-likeness (QED) is 0.778. The average molecular weight is 277 g/mol. The van der Waals surface area contributed by atoms with Crippen LogP contribution in [0.4, 0.5) is 0 Å². The molecule has 1 unspecified atom stereocenters. The number of carbonyl (C=O) groups excluding carboxylic acids is 2. The molecule has 1 aliphatic heterocycles. The van der Waals surface area contributed by atoms with E-state index in [1.807, 2.05) is 11.8 Å². The van der Waals surface area contributed by atoms with Gasteiger partial charge in [0.1, 0.15) is 0 Å². The molecule has 1 heterocycles. The van der Waals surface area contributed by atoms with Crippen molar-refractivity contribution in [1.29, 1.82) is 0 Å². The summed E-state index contributed by atoms with van der Waals surface area (Å²) in [6, 6.07) is 0. The van der Waals surface area contributed by atoms with Gasteiger partial charge in [-0.3, -0.25) is 9.59 Å². The summed E-state index contributed by atoms with van der Waals surface area (Å²) in [5, 5.41) is 0. The van der Waals surface area contributed by atoms with E-state index in [1.165, 1.54) is 0 Å². The molecule has 0 bridgehead atoms. The Kier molecular flexibility index (Phi) is 4.57. The van der Waals surface area contributed by atoms with Crippen molar-refractivity contribution in [1.82, 2.24) is 4.90 Å². The van der Waals surface area contributed by atoms with Gasteiger partial charge in [-0.1, -0.05) is 22.9 Å². The summed E-state index contributed by atoms with van der Waals surface area (Å²) in [5.41, 5.74) is 5.22. The topological polar surface area (TPSA) is 63.4 Å². The second-order valence-electron chi connectivity index (χ2n) is 3.88. The third kappa shape index (κ3) is 3.19. The zero-order valence-corrected chi connectivity index (χ0v) is 10.5. The number of hydrogen-bond donors (Lipinski definition) is 1. The maximum Gasteiger partial charge on any atom is 0.236 e. The van der Waals surface area contributed by atoms with E-state index < -0.39 is 0 Å². The summed E-state index contributed by atoms with van der Waals surface area (Å²) in [5.74, 6) is -0.169. The summed E-state index contributed by atoms with van der Waals surface area (Å²) in [6.07, 6.45) is 2.18. The molecule has 4 nitrogen and oxygen atoms in total. The fraction of sp³-hybridized carbons (Fsp3) is 0.800. The molecule has 1 fully saturated rings. The molecule has 0 aromatic heterocycles. The summed E-state index contributed by atoms with van der Waals surface area (Å²) in [6.45, 7) is 3.26. The number of halogens is 1. The minimum atomic E-state index is -0.243. The van der Waals surface area contributed by atoms with Crippen molar-refractivity contribution in [2.45, 2.75) is 31.0 Å². The first kappa shape index (κ1) is 12.5. The molecule has 1 atom stereocenters. The van der Waals surface area contributed by atoms with Crippen LogP contribution in [0.5, 0.6) is 0 Å². The minimum Gasteiger partial charge on any atom is -0.369 e. The van der Waals surface area contributed by atoms with E-state index in [-0.39, 0.29) is 22.6 Å². The predicted octanol–water partition coefficient (Wildman–Crippen LogP) is 0.884. The largest absolute Gasteiger partial charge is 0.369 e. The summed E-state index contributed by atoms with van der Waals surface area (Å²) in [7, 11) is 0. The first-order valence-electron chi connectivity index (χ1n) is 5.28. The van der Waals surface area contributed by atoms with Crippen LogP contribution in [0.2, 0.25) is 0 Å². The highest BCUT2D eigenvalue weighted by molar-refractivity contribution is 9.10. The number of carbonyl (C=O) groups is 2. The maximum atomic E-state index is 11.8. The van der Waals surface area contributed by atoms with Gasteiger partial charge in [-0.15, -0.1) is 0 Å². The Bertz CT molecular complexity index is 250. The fourth-order valence-electron chi connectivity index (χ4n) is 1.76. The number of piperidine rings is 1. The fourth-order valence-corrected chi connectivity index (χ4v) is 2.05. The summed E-state index contributed by atoms with van der Waals surface area (Å²) >= 11 is 3.34. The first-order valence-corrected chi connectivity index (χ1v) is 6.20. The van der Waals surface area contributed by atoms with Gasteiger partial charge in [0, 0.05) is 19.0 Å². The molecule has 5 heteroatoms. The van der Waals surface area contributed by atoms with Crippen molar-refractivity contribution in [3.05, 3.63) is 0 Å². The van der Waals surface area contributed by atoms with Gasteiger partial charge in [-0.05, 0) is 19.3 Å². The Balaban J connectivity index is 2.43. The van der Waals surface area contributed by atoms with E-state index >= 15 is 0 Å². The highest BCUT2D eigenvalue weighted by Gasteiger charge is 2.27. The van der Waals surface area contributed by atoms with Crippen molar-refractivity contribution in [2.75, 3.05) is 13.1 Å². The number of likely N-dealkylation sites (tertiary alicyclic amines) is 1. The molecule has 86 valence electrons. The molecule has 0 aromatic rings. The molecule has 2 N–H and O–H groups in total. The SMILES string of the molecule is CCC(Br)C(=O)N1CCC(C(N)=O)CC1. The number of rotatable bonds is 3. The van der Waals surface area contributed by atoms with E-state index in [9.17, 15) is 9.59 Å². The normalized spacial score (nSPS) is 20.0. The number of alkyl halides is 1. The second kappa shape index (κ2) is 5.49. The minimum absolute atomic E-state index is 0.0514. The molecule has 1 saturated heterocycles. The van der Waals surface area contributed by atoms with Gasteiger partial charge in [-0.2, -0.15) is 0 Å². The Morgan fingerprint density at radius 1 is 1.47 bits per heavy atom. The molecule has 15 heavy (non-hydrogen) atoms. The van der Waals surface area contributed by atoms with Crippen LogP contribution in [0.25, 0.3) is 0 Å². The van der Waals surface area contributed by atoms with Crippen LogP contribution in [0, 0.1) is 5.92 Å². The van der Waals surface area contributed by atoms with Gasteiger partial charge < -0.3 is 10.6 Å². The number of primary amides is 1. The van der Waals surface area contributed by atoms with Crippen LogP contribution in [0.1, 0.15) is 26.2 Å². The van der Waals surface area contributed by atoms with Crippen molar-refractivity contribution in [3.8, 4) is 0 Å². The second-order valence-corrected chi connectivity index (χ2v) is 4.98. The highest BCUT2D eigenvalue weighted by Crippen LogP contribution is 2.19. The Labute approximate surface area is 98.3 Å². The first-order chi connectivity index (χ1) is 7.06. The van der Waals surface area contributed by atoms with Gasteiger partial charge in [0.15, 0.2) is 0 Å². The smallest absolute Gasteiger partial charge is 0.236 e. The van der Waals surface area contributed by atoms with Gasteiger partial charge in [-0.25, -0.2) is 0 Å². The van der Waals surface area contributed by atoms with Crippen LogP contribution < -0.4 is 5.73 Å². The van der Waals surface area contributed by atoms with Gasteiger partial charge in [0.2, 0.25) is 11.8 Å². The third-order valence-electron chi connectivity index (χ3n) is 2.84. The van der Waals surface area contributed by atoms with Crippen LogP contribution in [0.15, 0.2) is 0 Å². The van der Waals surface area contributed by atoms with Crippen LogP contribution in [-0.2, 0) is 9.59 Å². The van der Waals surface area contributed by atoms with Crippen LogP contribution in [-0.4, -0.2) is 34.6 Å². The number of nitrogens with two attached hydrogens (primary N) is 1. The van der Waals surface area contributed by atoms with Gasteiger partial charge >= 0.3 is 0 Å². The average Bonchev–Trinajstić information content (AvgIpc) is 2.27. The lowest BCUT2D eigenvalue weighted by molar-refractivity contribution is -0.134. The Morgan fingerprint density at radius 2 is 2.00 bits per heavy atom. The van der Waals surface area contributed by atoms with Crippen molar-refractivity contribution in [2.24, 2.45) is 11.7 Å². The van der Waals surface area contributed by atoms with Gasteiger partial charge in [0.05, 0.1) is 4.83 Å². The molecule has 0 aromatic carbocycles. The van der Waals surface area contributed by atoms with E-state index in [0.717, 1.165) is 6.42 Å². The molecule has 0 spiro atoms. The molecular formula is C10H17BrN2O2. The van der Waals surface area contributed by atoms with E-state index in [1.54, 1.807) is 0 Å². The van der Waals surface area contributed by atoms with E-state index in [4.69, 9.17) is 5.73 Å². The van der Waals surface area contributed by atoms with E-state index in [2.05, 4.69) is 15.9 Å². The standard InChI is InChI=1S/C10H17BrN2O2/c1-2-8(11)10(15)13-5-3-7(4-6-13)9(12)14/h7-8H,2-6H2,1H3,(H2,12,14). The number of nitrogens with zero attached hydrogens (tertiary/aromatic N) is 1. The zero-order valence-electron chi connectivity index (χ0n) is 8.91. The number of amides is 2. The van der Waals surface area contributed by atoms with Crippen molar-refractivity contribution in [3.63, 3.8) is 0 Å². The lowest BCUT2D eigenvalue weighted by Crippen LogP contribution is -2.44. The summed E-state index contributed by atoms with van der Waals surface area (Å²) in [4.78, 5) is 24.4. The van der Waals surface area contributed by atoms with Crippen LogP contribution >= 0.6 is 15.9 Å². The zero-order chi connectivity index (χ0) is 11.4. The highest BCUT2D eigenvalue weighted by atomic mass is 79.9. The predicted molar refractivity (Wildman–Crippen MR) is 61.5 cm³/mol. The maximum absolute atomic E-state index is 11.8. The van der Waals surface area contributed by atoms with Gasteiger partial charge in [0.25, 0.3) is 0 Å². The third-order valence-corrected chi connectivity index (χ3v) is 3.87. The van der Waals surface area contributed by atoms with Crippen molar-refractivity contribution >= 4 is 27.7 Å². The molecular weight excluding hydrogens is 260 g/mol. The van der Waals surface area contributed by atoms with E-state index in [0.29, 0.717) is 25.9 Å². The number of hydrogen-bond acceptors (Lipinski definition) is 2. The van der Waals surface area contributed by atoms with Crippen LogP contribution in [0.3, 0.4) is 0 Å². The summed E-state index contributed by atoms with van der Waals surface area (Å²) < 4.78 is 0. The molecule has 0 radical (unpaired) electrons. The molecule has 1 aliphatic rings. The van der Waals surface area contributed by atoms with Crippen molar-refractivity contribution < 1.29 is 9.59 Å². The molecule has 0 saturated carbocycles. The monoisotopic (exact) mass is 276 g/mol. The molecule has 0 aliphatic carbocycles. The molecule has 2 amide bonds. The lowest BCUT2D eigenvalue weighted by atomic mass is 9.96.